The van der Waals surface area contributed by atoms with Gasteiger partial charge in [-0.1, -0.05) is 65.8 Å². The number of rotatable bonds is 8. The van der Waals surface area contributed by atoms with Gasteiger partial charge < -0.3 is 10.2 Å². The van der Waals surface area contributed by atoms with Crippen molar-refractivity contribution in [3.05, 3.63) is 58.7 Å². The first-order valence-corrected chi connectivity index (χ1v) is 10.4. The highest BCUT2D eigenvalue weighted by atomic mass is 16.3. The van der Waals surface area contributed by atoms with Crippen LogP contribution < -0.4 is 0 Å². The average molecular weight is 369 g/mol. The molecule has 2 aromatic carbocycles. The molecule has 0 aromatic heterocycles. The molecule has 0 saturated carbocycles. The van der Waals surface area contributed by atoms with Crippen molar-refractivity contribution in [2.45, 2.75) is 72.6 Å². The van der Waals surface area contributed by atoms with Gasteiger partial charge in [0.2, 0.25) is 0 Å². The molecule has 2 rings (SSSR count). The van der Waals surface area contributed by atoms with E-state index in [2.05, 4.69) is 65.8 Å². The summed E-state index contributed by atoms with van der Waals surface area (Å²) in [6.07, 6.45) is 3.69. The van der Waals surface area contributed by atoms with Gasteiger partial charge >= 0.3 is 0 Å². The largest absolute Gasteiger partial charge is 0.508 e. The third kappa shape index (κ3) is 4.66. The van der Waals surface area contributed by atoms with Gasteiger partial charge in [-0.15, -0.1) is 0 Å². The monoisotopic (exact) mass is 368 g/mol. The van der Waals surface area contributed by atoms with E-state index in [1.807, 2.05) is 12.1 Å². The van der Waals surface area contributed by atoms with Gasteiger partial charge in [0.1, 0.15) is 11.5 Å². The van der Waals surface area contributed by atoms with Gasteiger partial charge in [-0.3, -0.25) is 0 Å². The molecule has 0 aliphatic rings. The second-order valence-electron chi connectivity index (χ2n) is 8.67. The van der Waals surface area contributed by atoms with Crippen LogP contribution in [0.15, 0.2) is 36.4 Å². The highest BCUT2D eigenvalue weighted by molar-refractivity contribution is 5.48. The van der Waals surface area contributed by atoms with E-state index in [9.17, 15) is 10.2 Å². The lowest BCUT2D eigenvalue weighted by atomic mass is 9.69. The van der Waals surface area contributed by atoms with Crippen LogP contribution in [-0.2, 0) is 18.3 Å². The van der Waals surface area contributed by atoms with Gasteiger partial charge in [-0.05, 0) is 71.9 Å². The Labute approximate surface area is 165 Å². The Bertz CT molecular complexity index is 693. The van der Waals surface area contributed by atoms with E-state index in [0.717, 1.165) is 36.8 Å². The van der Waals surface area contributed by atoms with Gasteiger partial charge in [-0.2, -0.15) is 0 Å². The lowest BCUT2D eigenvalue weighted by molar-refractivity contribution is 0.449. The van der Waals surface area contributed by atoms with E-state index in [4.69, 9.17) is 0 Å². The molecule has 2 heteroatoms. The van der Waals surface area contributed by atoms with E-state index in [1.54, 1.807) is 0 Å². The van der Waals surface area contributed by atoms with Crippen molar-refractivity contribution in [2.24, 2.45) is 11.8 Å². The normalized spacial score (nSPS) is 12.1. The van der Waals surface area contributed by atoms with Crippen LogP contribution >= 0.6 is 0 Å². The number of hydrogen-bond acceptors (Lipinski definition) is 2. The highest BCUT2D eigenvalue weighted by Crippen LogP contribution is 2.42. The van der Waals surface area contributed by atoms with Gasteiger partial charge in [-0.25, -0.2) is 0 Å². The standard InChI is InChI=1S/C25H36O2/c1-7-25(8-2,21-9-11-23(26)19(15-21)13-17(3)4)22-10-12-24(27)20(16-22)14-18(5)6/h9-12,15-18,26-27H,7-8,13-14H2,1-6H3. The second-order valence-corrected chi connectivity index (χ2v) is 8.67. The summed E-state index contributed by atoms with van der Waals surface area (Å²) in [4.78, 5) is 0. The summed E-state index contributed by atoms with van der Waals surface area (Å²) in [6, 6.07) is 12.2. The molecule has 0 unspecified atom stereocenters. The summed E-state index contributed by atoms with van der Waals surface area (Å²) in [7, 11) is 0. The Balaban J connectivity index is 2.58. The molecule has 0 aliphatic carbocycles. The third-order valence-corrected chi connectivity index (χ3v) is 5.73. The molecule has 0 atom stereocenters. The molecule has 0 spiro atoms. The van der Waals surface area contributed by atoms with E-state index < -0.39 is 0 Å². The lowest BCUT2D eigenvalue weighted by Crippen LogP contribution is -2.26. The summed E-state index contributed by atoms with van der Waals surface area (Å²) in [5.74, 6) is 1.77. The van der Waals surface area contributed by atoms with Crippen LogP contribution in [0.4, 0.5) is 0 Å². The number of hydrogen-bond donors (Lipinski definition) is 2. The van der Waals surface area contributed by atoms with E-state index in [0.29, 0.717) is 23.3 Å². The molecule has 0 aliphatic heterocycles. The Hall–Kier alpha value is -1.96. The van der Waals surface area contributed by atoms with Gasteiger partial charge in [0.15, 0.2) is 0 Å². The lowest BCUT2D eigenvalue weighted by Gasteiger charge is -2.34. The Morgan fingerprint density at radius 1 is 0.704 bits per heavy atom. The quantitative estimate of drug-likeness (QED) is 0.551. The Kier molecular flexibility index (Phi) is 6.97. The molecule has 0 bridgehead atoms. The van der Waals surface area contributed by atoms with Crippen molar-refractivity contribution < 1.29 is 10.2 Å². The van der Waals surface area contributed by atoms with Gasteiger partial charge in [0.25, 0.3) is 0 Å². The molecule has 2 aromatic rings. The zero-order valence-electron chi connectivity index (χ0n) is 17.8. The summed E-state index contributed by atoms with van der Waals surface area (Å²) >= 11 is 0. The van der Waals surface area contributed by atoms with Crippen LogP contribution in [-0.4, -0.2) is 10.2 Å². The van der Waals surface area contributed by atoms with Crippen molar-refractivity contribution >= 4 is 0 Å². The smallest absolute Gasteiger partial charge is 0.118 e. The first kappa shape index (κ1) is 21.3. The van der Waals surface area contributed by atoms with Crippen molar-refractivity contribution in [3.63, 3.8) is 0 Å². The first-order valence-electron chi connectivity index (χ1n) is 10.4. The molecule has 27 heavy (non-hydrogen) atoms. The zero-order chi connectivity index (χ0) is 20.2. The molecule has 2 N–H and O–H groups in total. The average Bonchev–Trinajstić information content (AvgIpc) is 2.60. The molecule has 0 saturated heterocycles. The molecule has 0 heterocycles. The minimum atomic E-state index is -0.112. The first-order chi connectivity index (χ1) is 12.7. The van der Waals surface area contributed by atoms with Crippen LogP contribution in [0.2, 0.25) is 0 Å². The second kappa shape index (κ2) is 8.82. The van der Waals surface area contributed by atoms with Gasteiger partial charge in [0, 0.05) is 5.41 Å². The van der Waals surface area contributed by atoms with E-state index in [1.165, 1.54) is 11.1 Å². The maximum Gasteiger partial charge on any atom is 0.118 e. The maximum atomic E-state index is 10.3. The fraction of sp³-hybridized carbons (Fsp3) is 0.520. The van der Waals surface area contributed by atoms with E-state index >= 15 is 0 Å². The molecular weight excluding hydrogens is 332 g/mol. The topological polar surface area (TPSA) is 40.5 Å². The summed E-state index contributed by atoms with van der Waals surface area (Å²) in [6.45, 7) is 13.2. The van der Waals surface area contributed by atoms with Crippen molar-refractivity contribution in [2.75, 3.05) is 0 Å². The number of aromatic hydroxyl groups is 2. The fourth-order valence-corrected chi connectivity index (χ4v) is 4.21. The molecule has 0 radical (unpaired) electrons. The third-order valence-electron chi connectivity index (χ3n) is 5.73. The molecule has 2 nitrogen and oxygen atoms in total. The number of benzene rings is 2. The van der Waals surface area contributed by atoms with Crippen molar-refractivity contribution in [1.29, 1.82) is 0 Å². The highest BCUT2D eigenvalue weighted by Gasteiger charge is 2.32. The van der Waals surface area contributed by atoms with Crippen molar-refractivity contribution in [1.82, 2.24) is 0 Å². The molecule has 148 valence electrons. The fourth-order valence-electron chi connectivity index (χ4n) is 4.21. The Morgan fingerprint density at radius 3 is 1.37 bits per heavy atom. The van der Waals surface area contributed by atoms with Crippen LogP contribution in [0, 0.1) is 11.8 Å². The SMILES string of the molecule is CCC(CC)(c1ccc(O)c(CC(C)C)c1)c1ccc(O)c(CC(C)C)c1. The number of phenolic OH excluding ortho intramolecular Hbond substituents is 2. The van der Waals surface area contributed by atoms with E-state index in [-0.39, 0.29) is 5.41 Å². The van der Waals surface area contributed by atoms with Crippen LogP contribution in [0.25, 0.3) is 0 Å². The summed E-state index contributed by atoms with van der Waals surface area (Å²) in [5, 5.41) is 20.6. The zero-order valence-corrected chi connectivity index (χ0v) is 17.8. The molecular formula is C25H36O2. The summed E-state index contributed by atoms with van der Waals surface area (Å²) in [5.41, 5.74) is 4.44. The Morgan fingerprint density at radius 2 is 1.07 bits per heavy atom. The minimum absolute atomic E-state index is 0.112. The maximum absolute atomic E-state index is 10.3. The molecule has 0 fully saturated rings. The van der Waals surface area contributed by atoms with Crippen LogP contribution in [0.1, 0.15) is 76.6 Å². The van der Waals surface area contributed by atoms with Crippen molar-refractivity contribution in [3.8, 4) is 11.5 Å². The van der Waals surface area contributed by atoms with Crippen LogP contribution in [0.5, 0.6) is 11.5 Å². The minimum Gasteiger partial charge on any atom is -0.508 e. The predicted molar refractivity (Wildman–Crippen MR) is 115 cm³/mol. The molecule has 0 amide bonds. The number of phenols is 2. The predicted octanol–water partition coefficient (Wildman–Crippen LogP) is 6.60. The van der Waals surface area contributed by atoms with Gasteiger partial charge in [0.05, 0.1) is 0 Å². The van der Waals surface area contributed by atoms with Crippen LogP contribution in [0.3, 0.4) is 0 Å². The summed E-state index contributed by atoms with van der Waals surface area (Å²) < 4.78 is 0.